The van der Waals surface area contributed by atoms with Crippen molar-refractivity contribution in [3.8, 4) is 0 Å². The van der Waals surface area contributed by atoms with E-state index >= 15 is 0 Å². The molecule has 0 spiro atoms. The number of anilines is 1. The monoisotopic (exact) mass is 324 g/mol. The molecule has 0 bridgehead atoms. The summed E-state index contributed by atoms with van der Waals surface area (Å²) in [6, 6.07) is 17.5. The molecule has 1 aliphatic rings. The average molecular weight is 324 g/mol. The highest BCUT2D eigenvalue weighted by molar-refractivity contribution is 6.08. The van der Waals surface area contributed by atoms with Crippen molar-refractivity contribution in [1.82, 2.24) is 5.32 Å². The van der Waals surface area contributed by atoms with Crippen LogP contribution in [0.5, 0.6) is 0 Å². The van der Waals surface area contributed by atoms with Gasteiger partial charge in [-0.15, -0.1) is 0 Å². The van der Waals surface area contributed by atoms with Crippen molar-refractivity contribution in [2.75, 3.05) is 11.5 Å². The van der Waals surface area contributed by atoms with Gasteiger partial charge in [0, 0.05) is 17.9 Å². The third-order valence-electron chi connectivity index (χ3n) is 3.95. The first-order valence-corrected chi connectivity index (χ1v) is 8.12. The summed E-state index contributed by atoms with van der Waals surface area (Å²) in [6.07, 6.45) is 2.38. The normalized spacial score (nSPS) is 17.1. The quantitative estimate of drug-likeness (QED) is 0.939. The Morgan fingerprint density at radius 1 is 0.958 bits per heavy atom. The zero-order chi connectivity index (χ0) is 16.8. The van der Waals surface area contributed by atoms with Crippen molar-refractivity contribution in [3.05, 3.63) is 66.2 Å². The van der Waals surface area contributed by atoms with Gasteiger partial charge in [-0.05, 0) is 43.5 Å². The Labute approximate surface area is 141 Å². The Hall–Kier alpha value is -2.66. The van der Waals surface area contributed by atoms with Gasteiger partial charge in [-0.1, -0.05) is 36.4 Å². The second kappa shape index (κ2) is 7.75. The molecule has 2 aromatic rings. The molecule has 0 aliphatic carbocycles. The minimum atomic E-state index is -0.470. The molecule has 0 radical (unpaired) electrons. The topological polar surface area (TPSA) is 58.6 Å². The van der Waals surface area contributed by atoms with E-state index in [4.69, 9.17) is 4.74 Å². The smallest absolute Gasteiger partial charge is 0.330 e. The lowest BCUT2D eigenvalue weighted by atomic mass is 10.1. The van der Waals surface area contributed by atoms with E-state index in [1.54, 1.807) is 24.3 Å². The van der Waals surface area contributed by atoms with E-state index in [2.05, 4.69) is 5.32 Å². The third-order valence-corrected chi connectivity index (χ3v) is 3.95. The molecule has 124 valence electrons. The maximum Gasteiger partial charge on any atom is 0.330 e. The van der Waals surface area contributed by atoms with Gasteiger partial charge in [-0.3, -0.25) is 15.0 Å². The van der Waals surface area contributed by atoms with Crippen molar-refractivity contribution in [2.24, 2.45) is 0 Å². The number of urea groups is 1. The van der Waals surface area contributed by atoms with Gasteiger partial charge in [-0.2, -0.15) is 0 Å². The standard InChI is InChI=1S/C19H20N2O3/c22-18(15-9-3-1-4-10-15)20-19(23)21(16-11-5-2-6-12-16)17-13-7-8-14-24-17/h1-6,9-12,17H,7-8,13-14H2,(H,20,22,23). The van der Waals surface area contributed by atoms with Crippen LogP contribution in [0.1, 0.15) is 29.6 Å². The number of benzene rings is 2. The van der Waals surface area contributed by atoms with Crippen LogP contribution in [0.3, 0.4) is 0 Å². The van der Waals surface area contributed by atoms with Gasteiger partial charge in [0.25, 0.3) is 5.91 Å². The molecule has 1 fully saturated rings. The van der Waals surface area contributed by atoms with Crippen molar-refractivity contribution in [2.45, 2.75) is 25.5 Å². The third kappa shape index (κ3) is 3.81. The van der Waals surface area contributed by atoms with Gasteiger partial charge in [-0.25, -0.2) is 4.79 Å². The summed E-state index contributed by atoms with van der Waals surface area (Å²) in [4.78, 5) is 26.5. The van der Waals surface area contributed by atoms with Crippen molar-refractivity contribution in [3.63, 3.8) is 0 Å². The van der Waals surface area contributed by atoms with Gasteiger partial charge < -0.3 is 4.74 Å². The largest absolute Gasteiger partial charge is 0.358 e. The highest BCUT2D eigenvalue weighted by Crippen LogP contribution is 2.23. The van der Waals surface area contributed by atoms with Crippen LogP contribution in [0.2, 0.25) is 0 Å². The van der Waals surface area contributed by atoms with Crippen molar-refractivity contribution in [1.29, 1.82) is 0 Å². The molecule has 1 heterocycles. The molecule has 1 aliphatic heterocycles. The van der Waals surface area contributed by atoms with Gasteiger partial charge >= 0.3 is 6.03 Å². The SMILES string of the molecule is O=C(NC(=O)N(c1ccccc1)C1CCCCO1)c1ccccc1. The molecule has 1 saturated heterocycles. The second-order valence-electron chi connectivity index (χ2n) is 5.65. The van der Waals surface area contributed by atoms with Gasteiger partial charge in [0.1, 0.15) is 6.23 Å². The van der Waals surface area contributed by atoms with E-state index in [9.17, 15) is 9.59 Å². The fourth-order valence-electron chi connectivity index (χ4n) is 2.75. The van der Waals surface area contributed by atoms with E-state index in [1.807, 2.05) is 36.4 Å². The molecule has 24 heavy (non-hydrogen) atoms. The molecule has 1 N–H and O–H groups in total. The lowest BCUT2D eigenvalue weighted by Crippen LogP contribution is -2.50. The number of hydrogen-bond acceptors (Lipinski definition) is 3. The predicted molar refractivity (Wildman–Crippen MR) is 91.8 cm³/mol. The van der Waals surface area contributed by atoms with Gasteiger partial charge in [0.15, 0.2) is 0 Å². The zero-order valence-corrected chi connectivity index (χ0v) is 13.4. The Morgan fingerprint density at radius 3 is 2.25 bits per heavy atom. The Balaban J connectivity index is 1.79. The van der Waals surface area contributed by atoms with Gasteiger partial charge in [0.2, 0.25) is 0 Å². The number of imide groups is 1. The number of nitrogens with zero attached hydrogens (tertiary/aromatic N) is 1. The van der Waals surface area contributed by atoms with Crippen molar-refractivity contribution >= 4 is 17.6 Å². The van der Waals surface area contributed by atoms with Crippen LogP contribution in [0, 0.1) is 0 Å². The molecule has 3 rings (SSSR count). The fraction of sp³-hybridized carbons (Fsp3) is 0.263. The van der Waals surface area contributed by atoms with Crippen LogP contribution in [-0.2, 0) is 4.74 Å². The summed E-state index contributed by atoms with van der Waals surface area (Å²) in [6.45, 7) is 0.619. The van der Waals surface area contributed by atoms with E-state index in [0.29, 0.717) is 17.9 Å². The number of hydrogen-bond donors (Lipinski definition) is 1. The molecule has 1 unspecified atom stereocenters. The van der Waals surface area contributed by atoms with Crippen LogP contribution in [-0.4, -0.2) is 24.8 Å². The van der Waals surface area contributed by atoms with Crippen LogP contribution in [0.4, 0.5) is 10.5 Å². The molecule has 0 aromatic heterocycles. The first kappa shape index (κ1) is 16.2. The fourth-order valence-corrected chi connectivity index (χ4v) is 2.75. The van der Waals surface area contributed by atoms with E-state index in [-0.39, 0.29) is 6.23 Å². The lowest BCUT2D eigenvalue weighted by molar-refractivity contribution is 0.0190. The van der Waals surface area contributed by atoms with Crippen LogP contribution in [0.15, 0.2) is 60.7 Å². The summed E-state index contributed by atoms with van der Waals surface area (Å²) >= 11 is 0. The highest BCUT2D eigenvalue weighted by atomic mass is 16.5. The van der Waals surface area contributed by atoms with E-state index in [0.717, 1.165) is 19.3 Å². The molecule has 5 heteroatoms. The second-order valence-corrected chi connectivity index (χ2v) is 5.65. The minimum absolute atomic E-state index is 0.357. The number of ether oxygens (including phenoxy) is 1. The van der Waals surface area contributed by atoms with Crippen LogP contribution in [0.25, 0.3) is 0 Å². The Kier molecular flexibility index (Phi) is 5.23. The average Bonchev–Trinajstić information content (AvgIpc) is 2.64. The number of amides is 3. The zero-order valence-electron chi connectivity index (χ0n) is 13.4. The summed E-state index contributed by atoms with van der Waals surface area (Å²) in [7, 11) is 0. The molecule has 1 atom stereocenters. The molecular formula is C19H20N2O3. The Morgan fingerprint density at radius 2 is 1.62 bits per heavy atom. The number of carbonyl (C=O) groups is 2. The molecule has 5 nitrogen and oxygen atoms in total. The molecular weight excluding hydrogens is 304 g/mol. The molecule has 2 aromatic carbocycles. The predicted octanol–water partition coefficient (Wildman–Crippen LogP) is 3.57. The van der Waals surface area contributed by atoms with Crippen LogP contribution >= 0.6 is 0 Å². The number of carbonyl (C=O) groups excluding carboxylic acids is 2. The molecule has 0 saturated carbocycles. The summed E-state index contributed by atoms with van der Waals surface area (Å²) in [5.74, 6) is -0.419. The maximum atomic E-state index is 12.7. The minimum Gasteiger partial charge on any atom is -0.358 e. The Bertz CT molecular complexity index is 682. The van der Waals surface area contributed by atoms with Gasteiger partial charge in [0.05, 0.1) is 0 Å². The van der Waals surface area contributed by atoms with Crippen molar-refractivity contribution < 1.29 is 14.3 Å². The maximum absolute atomic E-state index is 12.7. The molecule has 3 amide bonds. The number of nitrogens with one attached hydrogen (secondary N) is 1. The highest BCUT2D eigenvalue weighted by Gasteiger charge is 2.28. The summed E-state index contributed by atoms with van der Waals surface area (Å²) in [5, 5.41) is 2.46. The lowest BCUT2D eigenvalue weighted by Gasteiger charge is -2.34. The first-order chi connectivity index (χ1) is 11.8. The first-order valence-electron chi connectivity index (χ1n) is 8.12. The van der Waals surface area contributed by atoms with E-state index < -0.39 is 11.9 Å². The number of para-hydroxylation sites is 1. The summed E-state index contributed by atoms with van der Waals surface area (Å²) < 4.78 is 5.76. The van der Waals surface area contributed by atoms with E-state index in [1.165, 1.54) is 4.90 Å². The number of rotatable bonds is 3. The summed E-state index contributed by atoms with van der Waals surface area (Å²) in [5.41, 5.74) is 1.16. The van der Waals surface area contributed by atoms with Crippen LogP contribution < -0.4 is 10.2 Å².